The molecule has 0 aromatic carbocycles. The average Bonchev–Trinajstić information content (AvgIpc) is 1.88. The van der Waals surface area contributed by atoms with Crippen molar-refractivity contribution < 1.29 is 9.84 Å². The molecule has 0 spiro atoms. The lowest BCUT2D eigenvalue weighted by molar-refractivity contribution is -0.000883. The van der Waals surface area contributed by atoms with Gasteiger partial charge >= 0.3 is 0 Å². The van der Waals surface area contributed by atoms with Crippen molar-refractivity contribution in [3.63, 3.8) is 0 Å². The number of rotatable bonds is 2. The number of ether oxygens (including phenoxy) is 1. The first-order chi connectivity index (χ1) is 4.79. The highest BCUT2D eigenvalue weighted by molar-refractivity contribution is 4.68. The molecule has 1 rings (SSSR count). The molecule has 0 amide bonds. The molecule has 2 N–H and O–H groups in total. The lowest BCUT2D eigenvalue weighted by Crippen LogP contribution is -2.39. The first-order valence-corrected chi connectivity index (χ1v) is 3.79. The summed E-state index contributed by atoms with van der Waals surface area (Å²) in [6.07, 6.45) is 0.714. The summed E-state index contributed by atoms with van der Waals surface area (Å²) in [7, 11) is 0. The molecule has 0 aliphatic carbocycles. The number of aliphatic hydroxyl groups is 1. The molecule has 0 radical (unpaired) electrons. The zero-order valence-corrected chi connectivity index (χ0v) is 6.34. The van der Waals surface area contributed by atoms with E-state index < -0.39 is 0 Å². The van der Waals surface area contributed by atoms with Crippen LogP contribution < -0.4 is 5.32 Å². The largest absolute Gasteiger partial charge is 0.393 e. The van der Waals surface area contributed by atoms with E-state index in [4.69, 9.17) is 9.84 Å². The SMILES string of the molecule is CC(O)CC1CNCCO1. The smallest absolute Gasteiger partial charge is 0.0724 e. The zero-order valence-electron chi connectivity index (χ0n) is 6.34. The molecular formula is C7H15NO2. The van der Waals surface area contributed by atoms with E-state index in [0.717, 1.165) is 26.1 Å². The number of hydrogen-bond donors (Lipinski definition) is 2. The summed E-state index contributed by atoms with van der Waals surface area (Å²) in [6.45, 7) is 4.39. The first kappa shape index (κ1) is 7.98. The van der Waals surface area contributed by atoms with Gasteiger partial charge in [-0.2, -0.15) is 0 Å². The summed E-state index contributed by atoms with van der Waals surface area (Å²) in [4.78, 5) is 0. The molecule has 3 heteroatoms. The van der Waals surface area contributed by atoms with Gasteiger partial charge in [-0.3, -0.25) is 0 Å². The number of hydrogen-bond acceptors (Lipinski definition) is 3. The molecular weight excluding hydrogens is 130 g/mol. The molecule has 1 fully saturated rings. The molecule has 2 atom stereocenters. The van der Waals surface area contributed by atoms with Gasteiger partial charge in [0.15, 0.2) is 0 Å². The highest BCUT2D eigenvalue weighted by atomic mass is 16.5. The topological polar surface area (TPSA) is 41.5 Å². The lowest BCUT2D eigenvalue weighted by Gasteiger charge is -2.24. The Morgan fingerprint density at radius 1 is 1.80 bits per heavy atom. The highest BCUT2D eigenvalue weighted by Crippen LogP contribution is 2.03. The van der Waals surface area contributed by atoms with Crippen LogP contribution in [0.4, 0.5) is 0 Å². The summed E-state index contributed by atoms with van der Waals surface area (Å²) in [5.74, 6) is 0. The number of aliphatic hydroxyl groups excluding tert-OH is 1. The van der Waals surface area contributed by atoms with E-state index in [9.17, 15) is 0 Å². The van der Waals surface area contributed by atoms with Gasteiger partial charge in [0.25, 0.3) is 0 Å². The maximum Gasteiger partial charge on any atom is 0.0724 e. The van der Waals surface area contributed by atoms with Crippen LogP contribution in [-0.2, 0) is 4.74 Å². The van der Waals surface area contributed by atoms with Crippen molar-refractivity contribution >= 4 is 0 Å². The summed E-state index contributed by atoms with van der Waals surface area (Å²) in [6, 6.07) is 0. The monoisotopic (exact) mass is 145 g/mol. The summed E-state index contributed by atoms with van der Waals surface area (Å²) in [5.41, 5.74) is 0. The van der Waals surface area contributed by atoms with Crippen LogP contribution in [0, 0.1) is 0 Å². The predicted octanol–water partition coefficient (Wildman–Crippen LogP) is -0.254. The fourth-order valence-corrected chi connectivity index (χ4v) is 1.15. The lowest BCUT2D eigenvalue weighted by atomic mass is 10.1. The van der Waals surface area contributed by atoms with Gasteiger partial charge < -0.3 is 15.2 Å². The van der Waals surface area contributed by atoms with Gasteiger partial charge in [0, 0.05) is 19.5 Å². The van der Waals surface area contributed by atoms with E-state index >= 15 is 0 Å². The van der Waals surface area contributed by atoms with Gasteiger partial charge in [-0.1, -0.05) is 0 Å². The average molecular weight is 145 g/mol. The Balaban J connectivity index is 2.13. The predicted molar refractivity (Wildman–Crippen MR) is 38.9 cm³/mol. The second kappa shape index (κ2) is 3.91. The van der Waals surface area contributed by atoms with Crippen molar-refractivity contribution in [1.82, 2.24) is 5.32 Å². The van der Waals surface area contributed by atoms with Crippen LogP contribution in [-0.4, -0.2) is 37.0 Å². The van der Waals surface area contributed by atoms with Gasteiger partial charge in [0.1, 0.15) is 0 Å². The minimum Gasteiger partial charge on any atom is -0.393 e. The molecule has 2 unspecified atom stereocenters. The summed E-state index contributed by atoms with van der Waals surface area (Å²) < 4.78 is 5.37. The Hall–Kier alpha value is -0.120. The van der Waals surface area contributed by atoms with Crippen molar-refractivity contribution in [3.05, 3.63) is 0 Å². The summed E-state index contributed by atoms with van der Waals surface area (Å²) >= 11 is 0. The van der Waals surface area contributed by atoms with E-state index in [1.54, 1.807) is 6.92 Å². The fraction of sp³-hybridized carbons (Fsp3) is 1.00. The zero-order chi connectivity index (χ0) is 7.40. The first-order valence-electron chi connectivity index (χ1n) is 3.79. The Kier molecular flexibility index (Phi) is 3.12. The molecule has 10 heavy (non-hydrogen) atoms. The minimum atomic E-state index is -0.245. The Morgan fingerprint density at radius 2 is 2.60 bits per heavy atom. The minimum absolute atomic E-state index is 0.216. The van der Waals surface area contributed by atoms with E-state index in [1.165, 1.54) is 0 Å². The Bertz CT molecular complexity index is 89.6. The van der Waals surface area contributed by atoms with Crippen LogP contribution >= 0.6 is 0 Å². The molecule has 0 bridgehead atoms. The van der Waals surface area contributed by atoms with Crippen molar-refractivity contribution in [2.75, 3.05) is 19.7 Å². The number of nitrogens with one attached hydrogen (secondary N) is 1. The molecule has 1 heterocycles. The third kappa shape index (κ3) is 2.64. The van der Waals surface area contributed by atoms with Crippen LogP contribution in [0.15, 0.2) is 0 Å². The molecule has 1 saturated heterocycles. The van der Waals surface area contributed by atoms with Crippen LogP contribution in [0.25, 0.3) is 0 Å². The molecule has 60 valence electrons. The molecule has 0 aromatic heterocycles. The second-order valence-corrected chi connectivity index (χ2v) is 2.78. The highest BCUT2D eigenvalue weighted by Gasteiger charge is 2.14. The van der Waals surface area contributed by atoms with Crippen molar-refractivity contribution in [2.24, 2.45) is 0 Å². The van der Waals surface area contributed by atoms with E-state index in [2.05, 4.69) is 5.32 Å². The fourth-order valence-electron chi connectivity index (χ4n) is 1.15. The van der Waals surface area contributed by atoms with Gasteiger partial charge in [0.2, 0.25) is 0 Å². The van der Waals surface area contributed by atoms with E-state index in [1.807, 2.05) is 0 Å². The normalized spacial score (nSPS) is 30.0. The van der Waals surface area contributed by atoms with Crippen LogP contribution in [0.5, 0.6) is 0 Å². The van der Waals surface area contributed by atoms with Crippen molar-refractivity contribution in [2.45, 2.75) is 25.6 Å². The standard InChI is InChI=1S/C7H15NO2/c1-6(9)4-7-5-8-2-3-10-7/h6-9H,2-5H2,1H3. The van der Waals surface area contributed by atoms with Crippen LogP contribution in [0.3, 0.4) is 0 Å². The van der Waals surface area contributed by atoms with Gasteiger partial charge in [-0.05, 0) is 6.92 Å². The van der Waals surface area contributed by atoms with Crippen molar-refractivity contribution in [1.29, 1.82) is 0 Å². The molecule has 0 saturated carbocycles. The van der Waals surface area contributed by atoms with Crippen LogP contribution in [0.1, 0.15) is 13.3 Å². The van der Waals surface area contributed by atoms with Gasteiger partial charge in [0.05, 0.1) is 18.8 Å². The molecule has 1 aliphatic heterocycles. The molecule has 0 aromatic rings. The Morgan fingerprint density at radius 3 is 3.10 bits per heavy atom. The van der Waals surface area contributed by atoms with E-state index in [-0.39, 0.29) is 12.2 Å². The van der Waals surface area contributed by atoms with Gasteiger partial charge in [-0.15, -0.1) is 0 Å². The third-order valence-electron chi connectivity index (χ3n) is 1.61. The number of morpholine rings is 1. The molecule has 1 aliphatic rings. The van der Waals surface area contributed by atoms with Gasteiger partial charge in [-0.25, -0.2) is 0 Å². The van der Waals surface area contributed by atoms with Crippen LogP contribution in [0.2, 0.25) is 0 Å². The second-order valence-electron chi connectivity index (χ2n) is 2.78. The third-order valence-corrected chi connectivity index (χ3v) is 1.61. The molecule has 3 nitrogen and oxygen atoms in total. The Labute approximate surface area is 61.4 Å². The summed E-state index contributed by atoms with van der Waals surface area (Å²) in [5, 5.41) is 12.2. The maximum absolute atomic E-state index is 9.00. The van der Waals surface area contributed by atoms with E-state index in [0.29, 0.717) is 0 Å². The quantitative estimate of drug-likeness (QED) is 0.563. The maximum atomic E-state index is 9.00. The van der Waals surface area contributed by atoms with Crippen molar-refractivity contribution in [3.8, 4) is 0 Å².